The van der Waals surface area contributed by atoms with Crippen LogP contribution in [0.2, 0.25) is 0 Å². The Labute approximate surface area is 113 Å². The highest BCUT2D eigenvalue weighted by atomic mass is 16.5. The zero-order valence-corrected chi connectivity index (χ0v) is 11.9. The van der Waals surface area contributed by atoms with Crippen molar-refractivity contribution in [3.05, 3.63) is 28.3 Å². The van der Waals surface area contributed by atoms with Gasteiger partial charge in [0.05, 0.1) is 7.11 Å². The van der Waals surface area contributed by atoms with Crippen LogP contribution in [0.15, 0.2) is 6.07 Å². The van der Waals surface area contributed by atoms with Gasteiger partial charge < -0.3 is 14.6 Å². The summed E-state index contributed by atoms with van der Waals surface area (Å²) in [5.41, 5.74) is 1.68. The highest BCUT2D eigenvalue weighted by Crippen LogP contribution is 2.27. The molecule has 1 aromatic rings. The first-order chi connectivity index (χ1) is 8.98. The van der Waals surface area contributed by atoms with Crippen molar-refractivity contribution >= 4 is 12.3 Å². The minimum absolute atomic E-state index is 0.0628. The average molecular weight is 268 g/mol. The number of esters is 1. The van der Waals surface area contributed by atoms with Crippen molar-refractivity contribution in [1.29, 1.82) is 0 Å². The van der Waals surface area contributed by atoms with Gasteiger partial charge in [0.15, 0.2) is 6.29 Å². The molecule has 1 N–H and O–H groups in total. The molecule has 0 aliphatic carbocycles. The van der Waals surface area contributed by atoms with E-state index in [-0.39, 0.29) is 16.9 Å². The molecule has 106 valence electrons. The van der Waals surface area contributed by atoms with E-state index in [1.165, 1.54) is 13.2 Å². The van der Waals surface area contributed by atoms with Crippen LogP contribution in [0.5, 0.6) is 5.75 Å². The molecule has 5 nitrogen and oxygen atoms in total. The van der Waals surface area contributed by atoms with E-state index in [0.29, 0.717) is 18.3 Å². The lowest BCUT2D eigenvalue weighted by molar-refractivity contribution is 0.0595. The Morgan fingerprint density at radius 1 is 1.37 bits per heavy atom. The predicted octanol–water partition coefficient (Wildman–Crippen LogP) is 2.12. The number of carbonyl (C=O) groups is 2. The fourth-order valence-electron chi connectivity index (χ4n) is 1.68. The highest BCUT2D eigenvalue weighted by Gasteiger charge is 2.20. The number of hydrogen-bond acceptors (Lipinski definition) is 5. The molecule has 0 fully saturated rings. The molecule has 0 atom stereocenters. The number of methoxy groups -OCH3 is 2. The van der Waals surface area contributed by atoms with E-state index in [4.69, 9.17) is 0 Å². The van der Waals surface area contributed by atoms with Crippen LogP contribution in [0.3, 0.4) is 0 Å². The molecule has 0 saturated carbocycles. The summed E-state index contributed by atoms with van der Waals surface area (Å²) in [5, 5.41) is 9.70. The van der Waals surface area contributed by atoms with Crippen molar-refractivity contribution in [2.45, 2.75) is 20.3 Å². The van der Waals surface area contributed by atoms with Gasteiger partial charge in [0.1, 0.15) is 11.3 Å². The molecule has 0 spiro atoms. The minimum Gasteiger partial charge on any atom is -0.507 e. The number of aldehydes is 1. The maximum atomic E-state index is 11.4. The lowest BCUT2D eigenvalue weighted by atomic mass is 9.95. The number of rotatable bonds is 3. The molecule has 0 amide bonds. The lowest BCUT2D eigenvalue weighted by Crippen LogP contribution is -2.09. The fraction of sp³-hybridized carbons (Fsp3) is 0.429. The smallest absolute Gasteiger partial charge is 0.342 e. The number of hydrogen-bond donors (Lipinski definition) is 1. The first kappa shape index (κ1) is 17.1. The molecular weight excluding hydrogens is 248 g/mol. The van der Waals surface area contributed by atoms with Crippen molar-refractivity contribution in [3.8, 4) is 5.75 Å². The summed E-state index contributed by atoms with van der Waals surface area (Å²) in [5.74, 6) is -0.915. The summed E-state index contributed by atoms with van der Waals surface area (Å²) in [7, 11) is 4.46. The predicted molar refractivity (Wildman–Crippen MR) is 71.9 cm³/mol. The second-order valence-electron chi connectivity index (χ2n) is 3.84. The van der Waals surface area contributed by atoms with Gasteiger partial charge in [-0.2, -0.15) is 0 Å². The van der Waals surface area contributed by atoms with Gasteiger partial charge >= 0.3 is 5.97 Å². The average Bonchev–Trinajstić information content (AvgIpc) is 2.40. The van der Waals surface area contributed by atoms with Gasteiger partial charge in [0.25, 0.3) is 0 Å². The monoisotopic (exact) mass is 268 g/mol. The van der Waals surface area contributed by atoms with Crippen LogP contribution in [0, 0.1) is 6.92 Å². The van der Waals surface area contributed by atoms with Gasteiger partial charge in [-0.1, -0.05) is 6.92 Å². The molecule has 0 aliphatic rings. The Kier molecular flexibility index (Phi) is 7.44. The summed E-state index contributed by atoms with van der Waals surface area (Å²) in [6.45, 7) is 3.66. The lowest BCUT2D eigenvalue weighted by Gasteiger charge is -2.12. The summed E-state index contributed by atoms with van der Waals surface area (Å²) in [4.78, 5) is 22.4. The third-order valence-electron chi connectivity index (χ3n) is 2.61. The number of phenolic OH excluding ortho intramolecular Hbond substituents is 1. The first-order valence-corrected chi connectivity index (χ1v) is 5.77. The Bertz CT molecular complexity index is 452. The number of aromatic hydroxyl groups is 1. The Morgan fingerprint density at radius 3 is 2.26 bits per heavy atom. The highest BCUT2D eigenvalue weighted by molar-refractivity contribution is 6.01. The number of benzene rings is 1. The molecule has 0 radical (unpaired) electrons. The summed E-state index contributed by atoms with van der Waals surface area (Å²) < 4.78 is 8.78. The number of ether oxygens (including phenoxy) is 2. The minimum atomic E-state index is -0.703. The SMILES string of the molecule is CCc1cc(O)c(C(=O)OC)c(C=O)c1C.COC. The summed E-state index contributed by atoms with van der Waals surface area (Å²) in [6.07, 6.45) is 1.25. The first-order valence-electron chi connectivity index (χ1n) is 5.77. The molecule has 0 aromatic heterocycles. The topological polar surface area (TPSA) is 72.8 Å². The van der Waals surface area contributed by atoms with Crippen LogP contribution in [0.4, 0.5) is 0 Å². The van der Waals surface area contributed by atoms with Crippen molar-refractivity contribution in [2.75, 3.05) is 21.3 Å². The Morgan fingerprint density at radius 2 is 1.89 bits per heavy atom. The maximum Gasteiger partial charge on any atom is 0.342 e. The van der Waals surface area contributed by atoms with Crippen LogP contribution in [0.1, 0.15) is 38.8 Å². The Balaban J connectivity index is 0.000000982. The molecule has 0 aliphatic heterocycles. The van der Waals surface area contributed by atoms with Crippen LogP contribution < -0.4 is 0 Å². The van der Waals surface area contributed by atoms with E-state index in [2.05, 4.69) is 9.47 Å². The molecular formula is C14H20O5. The fourth-order valence-corrected chi connectivity index (χ4v) is 1.68. The second kappa shape index (κ2) is 8.26. The van der Waals surface area contributed by atoms with Crippen LogP contribution in [-0.4, -0.2) is 38.7 Å². The number of phenols is 1. The molecule has 19 heavy (non-hydrogen) atoms. The van der Waals surface area contributed by atoms with Gasteiger partial charge in [0, 0.05) is 19.8 Å². The van der Waals surface area contributed by atoms with E-state index < -0.39 is 5.97 Å². The van der Waals surface area contributed by atoms with E-state index in [9.17, 15) is 14.7 Å². The third kappa shape index (κ3) is 4.06. The molecule has 1 aromatic carbocycles. The Hall–Kier alpha value is -1.88. The van der Waals surface area contributed by atoms with Crippen molar-refractivity contribution in [1.82, 2.24) is 0 Å². The van der Waals surface area contributed by atoms with Gasteiger partial charge in [-0.25, -0.2) is 4.79 Å². The van der Waals surface area contributed by atoms with Crippen molar-refractivity contribution < 1.29 is 24.2 Å². The van der Waals surface area contributed by atoms with E-state index >= 15 is 0 Å². The molecule has 5 heteroatoms. The number of aryl methyl sites for hydroxylation is 1. The van der Waals surface area contributed by atoms with Gasteiger partial charge in [-0.3, -0.25) is 4.79 Å². The second-order valence-corrected chi connectivity index (χ2v) is 3.84. The molecule has 0 saturated heterocycles. The quantitative estimate of drug-likeness (QED) is 0.671. The van der Waals surface area contributed by atoms with Crippen molar-refractivity contribution in [2.24, 2.45) is 0 Å². The van der Waals surface area contributed by atoms with E-state index in [1.54, 1.807) is 21.1 Å². The zero-order valence-electron chi connectivity index (χ0n) is 11.9. The normalized spacial score (nSPS) is 9.32. The maximum absolute atomic E-state index is 11.4. The van der Waals surface area contributed by atoms with Crippen LogP contribution >= 0.6 is 0 Å². The summed E-state index contributed by atoms with van der Waals surface area (Å²) >= 11 is 0. The molecule has 0 unspecified atom stereocenters. The van der Waals surface area contributed by atoms with Crippen LogP contribution in [0.25, 0.3) is 0 Å². The standard InChI is InChI=1S/C12H14O4.C2H6O/c1-4-8-5-10(14)11(12(15)16-3)9(6-13)7(8)2;1-3-2/h5-6,14H,4H2,1-3H3;1-2H3. The largest absolute Gasteiger partial charge is 0.507 e. The van der Waals surface area contributed by atoms with E-state index in [1.807, 2.05) is 6.92 Å². The van der Waals surface area contributed by atoms with E-state index in [0.717, 1.165) is 5.56 Å². The molecule has 1 rings (SSSR count). The van der Waals surface area contributed by atoms with Gasteiger partial charge in [-0.15, -0.1) is 0 Å². The zero-order chi connectivity index (χ0) is 15.0. The number of carbonyl (C=O) groups excluding carboxylic acids is 2. The van der Waals surface area contributed by atoms with Crippen molar-refractivity contribution in [3.63, 3.8) is 0 Å². The summed E-state index contributed by atoms with van der Waals surface area (Å²) in [6, 6.07) is 1.49. The third-order valence-corrected chi connectivity index (χ3v) is 2.61. The van der Waals surface area contributed by atoms with Crippen LogP contribution in [-0.2, 0) is 15.9 Å². The molecule has 0 heterocycles. The van der Waals surface area contributed by atoms with Gasteiger partial charge in [-0.05, 0) is 30.5 Å². The van der Waals surface area contributed by atoms with Gasteiger partial charge in [0.2, 0.25) is 0 Å². The molecule has 0 bridgehead atoms.